The third-order valence-corrected chi connectivity index (χ3v) is 3.19. The minimum atomic E-state index is -1.82. The molecule has 132 valence electrons. The third kappa shape index (κ3) is 5.84. The van der Waals surface area contributed by atoms with Crippen LogP contribution in [0, 0.1) is 0 Å². The third-order valence-electron chi connectivity index (χ3n) is 3.19. The molecule has 1 aromatic heterocycles. The number of pyridine rings is 1. The van der Waals surface area contributed by atoms with Crippen molar-refractivity contribution in [3.63, 3.8) is 0 Å². The number of carboxylic acid groups (broad SMARTS) is 2. The first kappa shape index (κ1) is 19.4. The average Bonchev–Trinajstić information content (AvgIpc) is 2.63. The van der Waals surface area contributed by atoms with E-state index in [0.29, 0.717) is 18.0 Å². The lowest BCUT2D eigenvalue weighted by atomic mass is 10.2. The van der Waals surface area contributed by atoms with Gasteiger partial charge in [0.05, 0.1) is 6.54 Å². The van der Waals surface area contributed by atoms with Crippen LogP contribution >= 0.6 is 0 Å². The number of aromatic nitrogens is 1. The van der Waals surface area contributed by atoms with Crippen LogP contribution < -0.4 is 4.74 Å². The Morgan fingerprint density at radius 3 is 2.54 bits per heavy atom. The summed E-state index contributed by atoms with van der Waals surface area (Å²) < 4.78 is 5.85. The standard InChI is InChI=1S/C13H19N3O2.C2H2O4/c1-15(2)8-6-10-9-16(3)13(17)11-5-4-7-14-12(11)18-10;3-1(4)2(5)6/h4-5,7,10H,6,8-9H2,1-3H3;(H,3,4)(H,5,6). The van der Waals surface area contributed by atoms with Gasteiger partial charge >= 0.3 is 11.9 Å². The molecule has 9 nitrogen and oxygen atoms in total. The fraction of sp³-hybridized carbons (Fsp3) is 0.467. The van der Waals surface area contributed by atoms with Gasteiger partial charge < -0.3 is 24.7 Å². The number of ether oxygens (including phenoxy) is 1. The summed E-state index contributed by atoms with van der Waals surface area (Å²) in [5, 5.41) is 14.8. The van der Waals surface area contributed by atoms with Crippen LogP contribution in [0.2, 0.25) is 0 Å². The van der Waals surface area contributed by atoms with Gasteiger partial charge in [0.1, 0.15) is 11.7 Å². The number of carbonyl (C=O) groups excluding carboxylic acids is 1. The van der Waals surface area contributed by atoms with Gasteiger partial charge in [-0.15, -0.1) is 0 Å². The van der Waals surface area contributed by atoms with Crippen molar-refractivity contribution in [2.75, 3.05) is 34.2 Å². The highest BCUT2D eigenvalue weighted by atomic mass is 16.5. The highest BCUT2D eigenvalue weighted by molar-refractivity contribution is 6.27. The molecule has 0 aromatic carbocycles. The van der Waals surface area contributed by atoms with Crippen molar-refractivity contribution in [2.45, 2.75) is 12.5 Å². The number of aliphatic carboxylic acids is 2. The summed E-state index contributed by atoms with van der Waals surface area (Å²) in [5.41, 5.74) is 0.548. The van der Waals surface area contributed by atoms with E-state index in [1.165, 1.54) is 0 Å². The summed E-state index contributed by atoms with van der Waals surface area (Å²) in [6.45, 7) is 1.53. The van der Waals surface area contributed by atoms with Crippen LogP contribution in [0.5, 0.6) is 5.88 Å². The van der Waals surface area contributed by atoms with Crippen LogP contribution in [0.1, 0.15) is 16.8 Å². The second-order valence-corrected chi connectivity index (χ2v) is 5.48. The highest BCUT2D eigenvalue weighted by Crippen LogP contribution is 2.22. The molecule has 1 atom stereocenters. The van der Waals surface area contributed by atoms with Crippen LogP contribution in [0.4, 0.5) is 0 Å². The Labute approximate surface area is 139 Å². The Kier molecular flexibility index (Phi) is 7.12. The van der Waals surface area contributed by atoms with Gasteiger partial charge in [-0.1, -0.05) is 0 Å². The van der Waals surface area contributed by atoms with Gasteiger partial charge in [-0.05, 0) is 32.6 Å². The lowest BCUT2D eigenvalue weighted by molar-refractivity contribution is -0.159. The van der Waals surface area contributed by atoms with Crippen molar-refractivity contribution in [3.05, 3.63) is 23.9 Å². The van der Waals surface area contributed by atoms with E-state index in [1.807, 2.05) is 14.1 Å². The minimum Gasteiger partial charge on any atom is -0.473 e. The number of likely N-dealkylation sites (N-methyl/N-ethyl adjacent to an activating group) is 1. The Morgan fingerprint density at radius 1 is 1.38 bits per heavy atom. The summed E-state index contributed by atoms with van der Waals surface area (Å²) in [7, 11) is 5.85. The number of fused-ring (bicyclic) bond motifs is 1. The van der Waals surface area contributed by atoms with E-state index in [0.717, 1.165) is 13.0 Å². The van der Waals surface area contributed by atoms with Gasteiger partial charge in [0, 0.05) is 19.8 Å². The van der Waals surface area contributed by atoms with Crippen molar-refractivity contribution >= 4 is 17.8 Å². The predicted molar refractivity (Wildman–Crippen MR) is 84.1 cm³/mol. The van der Waals surface area contributed by atoms with Crippen molar-refractivity contribution < 1.29 is 29.3 Å². The zero-order chi connectivity index (χ0) is 18.3. The minimum absolute atomic E-state index is 0.00231. The fourth-order valence-electron chi connectivity index (χ4n) is 1.99. The lowest BCUT2D eigenvalue weighted by Crippen LogP contribution is -2.35. The van der Waals surface area contributed by atoms with E-state index in [2.05, 4.69) is 9.88 Å². The van der Waals surface area contributed by atoms with Crippen LogP contribution in [-0.4, -0.2) is 83.2 Å². The highest BCUT2D eigenvalue weighted by Gasteiger charge is 2.27. The maximum absolute atomic E-state index is 12.1. The van der Waals surface area contributed by atoms with Crippen molar-refractivity contribution in [1.82, 2.24) is 14.8 Å². The molecule has 2 N–H and O–H groups in total. The Morgan fingerprint density at radius 2 is 2.00 bits per heavy atom. The zero-order valence-electron chi connectivity index (χ0n) is 13.8. The largest absolute Gasteiger partial charge is 0.473 e. The van der Waals surface area contributed by atoms with Crippen LogP contribution in [0.15, 0.2) is 18.3 Å². The summed E-state index contributed by atoms with van der Waals surface area (Å²) in [4.78, 5) is 38.3. The normalized spacial score (nSPS) is 16.4. The fourth-order valence-corrected chi connectivity index (χ4v) is 1.99. The molecule has 1 unspecified atom stereocenters. The molecule has 1 aromatic rings. The van der Waals surface area contributed by atoms with Gasteiger partial charge in [-0.3, -0.25) is 4.79 Å². The SMILES string of the molecule is CN(C)CCC1CN(C)C(=O)c2cccnc2O1.O=C(O)C(=O)O. The summed E-state index contributed by atoms with van der Waals surface area (Å²) >= 11 is 0. The molecule has 1 amide bonds. The van der Waals surface area contributed by atoms with Crippen molar-refractivity contribution in [3.8, 4) is 5.88 Å². The number of carboxylic acids is 2. The number of amides is 1. The monoisotopic (exact) mass is 339 g/mol. The summed E-state index contributed by atoms with van der Waals surface area (Å²) in [6.07, 6.45) is 2.53. The maximum atomic E-state index is 12.1. The van der Waals surface area contributed by atoms with E-state index in [4.69, 9.17) is 24.5 Å². The molecule has 0 saturated carbocycles. The Hall–Kier alpha value is -2.68. The van der Waals surface area contributed by atoms with Gasteiger partial charge in [-0.25, -0.2) is 14.6 Å². The van der Waals surface area contributed by atoms with E-state index >= 15 is 0 Å². The second kappa shape index (κ2) is 8.82. The molecule has 24 heavy (non-hydrogen) atoms. The quantitative estimate of drug-likeness (QED) is 0.740. The molecule has 0 saturated heterocycles. The molecular weight excluding hydrogens is 318 g/mol. The van der Waals surface area contributed by atoms with Crippen LogP contribution in [0.3, 0.4) is 0 Å². The zero-order valence-corrected chi connectivity index (χ0v) is 13.8. The first-order valence-corrected chi connectivity index (χ1v) is 7.20. The van der Waals surface area contributed by atoms with Crippen LogP contribution in [-0.2, 0) is 9.59 Å². The molecule has 9 heteroatoms. The van der Waals surface area contributed by atoms with E-state index in [9.17, 15) is 4.79 Å². The molecule has 0 bridgehead atoms. The lowest BCUT2D eigenvalue weighted by Gasteiger charge is -2.21. The molecule has 0 radical (unpaired) electrons. The number of rotatable bonds is 3. The first-order valence-electron chi connectivity index (χ1n) is 7.20. The van der Waals surface area contributed by atoms with Gasteiger partial charge in [-0.2, -0.15) is 0 Å². The Bertz CT molecular complexity index is 593. The van der Waals surface area contributed by atoms with E-state index in [-0.39, 0.29) is 12.0 Å². The molecule has 2 heterocycles. The molecule has 1 aliphatic rings. The van der Waals surface area contributed by atoms with E-state index < -0.39 is 11.9 Å². The van der Waals surface area contributed by atoms with Crippen molar-refractivity contribution in [2.24, 2.45) is 0 Å². The number of carbonyl (C=O) groups is 3. The molecule has 0 aliphatic carbocycles. The molecular formula is C15H21N3O6. The second-order valence-electron chi connectivity index (χ2n) is 5.48. The first-order chi connectivity index (χ1) is 11.2. The van der Waals surface area contributed by atoms with Gasteiger partial charge in [0.2, 0.25) is 5.88 Å². The number of hydrogen-bond donors (Lipinski definition) is 2. The van der Waals surface area contributed by atoms with Crippen LogP contribution in [0.25, 0.3) is 0 Å². The van der Waals surface area contributed by atoms with E-state index in [1.54, 1.807) is 30.3 Å². The predicted octanol–water partition coefficient (Wildman–Crippen LogP) is 0.0219. The average molecular weight is 339 g/mol. The summed E-state index contributed by atoms with van der Waals surface area (Å²) in [5.74, 6) is -3.22. The van der Waals surface area contributed by atoms with Gasteiger partial charge in [0.25, 0.3) is 5.91 Å². The smallest absolute Gasteiger partial charge is 0.414 e. The van der Waals surface area contributed by atoms with Gasteiger partial charge in [0.15, 0.2) is 0 Å². The molecule has 1 aliphatic heterocycles. The maximum Gasteiger partial charge on any atom is 0.414 e. The number of nitrogens with zero attached hydrogens (tertiary/aromatic N) is 3. The number of hydrogen-bond acceptors (Lipinski definition) is 6. The Balaban J connectivity index is 0.000000413. The summed E-state index contributed by atoms with van der Waals surface area (Å²) in [6, 6.07) is 3.52. The van der Waals surface area contributed by atoms with Crippen molar-refractivity contribution in [1.29, 1.82) is 0 Å². The molecule has 0 fully saturated rings. The molecule has 0 spiro atoms. The topological polar surface area (TPSA) is 120 Å². The molecule has 2 rings (SSSR count).